The highest BCUT2D eigenvalue weighted by Gasteiger charge is 2.56. The molecule has 3 aromatic rings. The first-order valence-electron chi connectivity index (χ1n) is 20.3. The van der Waals surface area contributed by atoms with Gasteiger partial charge in [-0.15, -0.1) is 11.3 Å². The Kier molecular flexibility index (Phi) is 11.6. The quantitative estimate of drug-likeness (QED) is 0.188. The van der Waals surface area contributed by atoms with Gasteiger partial charge in [0.15, 0.2) is 0 Å². The Morgan fingerprint density at radius 2 is 1.69 bits per heavy atom. The predicted octanol–water partition coefficient (Wildman–Crippen LogP) is 4.97. The van der Waals surface area contributed by atoms with Crippen molar-refractivity contribution < 1.29 is 51.3 Å². The van der Waals surface area contributed by atoms with E-state index in [1.54, 1.807) is 27.7 Å². The fourth-order valence-electron chi connectivity index (χ4n) is 8.81. The number of ether oxygens (including phenoxy) is 2. The molecular formula is C41H48F2N5O9PS. The Bertz CT molecular complexity index is 2160. The minimum Gasteiger partial charge on any atom is -0.465 e. The molecule has 4 aliphatic heterocycles. The summed E-state index contributed by atoms with van der Waals surface area (Å²) in [6.07, 6.45) is 3.36. The summed E-state index contributed by atoms with van der Waals surface area (Å²) in [5.74, 6) is -1.61. The number of carbonyl (C=O) groups is 5. The Hall–Kier alpha value is -4.44. The maximum absolute atomic E-state index is 16.5. The maximum atomic E-state index is 16.5. The van der Waals surface area contributed by atoms with Gasteiger partial charge in [0.1, 0.15) is 23.9 Å². The number of carbonyl (C=O) groups excluding carboxylic acids is 5. The SMILES string of the molecule is CCOC(=O)[C@H](C)NP(=O)(Oc1ccccc1)C(F)(F)c1ccc2sc(C(=O)N[C@H]3C[C@@H]4C[C@@H]4C[C@H]4CC[C@@H](C(=O)N5CC(C(=O)N6CCOCC6)C5)N4C3=O)cc2c1. The first-order chi connectivity index (χ1) is 28.3. The minimum absolute atomic E-state index is 0.00962. The van der Waals surface area contributed by atoms with Crippen LogP contribution in [-0.4, -0.2) is 114 Å². The van der Waals surface area contributed by atoms with Crippen LogP contribution in [-0.2, 0) is 38.9 Å². The van der Waals surface area contributed by atoms with Gasteiger partial charge in [-0.1, -0.05) is 24.3 Å². The van der Waals surface area contributed by atoms with E-state index in [0.717, 1.165) is 36.3 Å². The lowest BCUT2D eigenvalue weighted by atomic mass is 9.96. The third kappa shape index (κ3) is 8.23. The Balaban J connectivity index is 0.977. The van der Waals surface area contributed by atoms with Gasteiger partial charge in [0.05, 0.1) is 30.6 Å². The van der Waals surface area contributed by atoms with Crippen LogP contribution in [0.3, 0.4) is 0 Å². The van der Waals surface area contributed by atoms with E-state index in [-0.39, 0.29) is 58.2 Å². The number of thiophene rings is 1. The van der Waals surface area contributed by atoms with E-state index in [9.17, 15) is 28.5 Å². The van der Waals surface area contributed by atoms with E-state index < -0.39 is 48.7 Å². The summed E-state index contributed by atoms with van der Waals surface area (Å²) >= 11 is 1.06. The second kappa shape index (κ2) is 16.5. The van der Waals surface area contributed by atoms with E-state index in [2.05, 4.69) is 10.4 Å². The van der Waals surface area contributed by atoms with E-state index in [4.69, 9.17) is 14.0 Å². The highest BCUT2D eigenvalue weighted by atomic mass is 32.1. The number of esters is 1. The molecule has 1 saturated carbocycles. The zero-order valence-corrected chi connectivity index (χ0v) is 34.6. The number of para-hydroxylation sites is 1. The number of hydrogen-bond donors (Lipinski definition) is 2. The number of fused-ring (bicyclic) bond motifs is 3. The molecule has 18 heteroatoms. The van der Waals surface area contributed by atoms with Crippen LogP contribution < -0.4 is 14.9 Å². The summed E-state index contributed by atoms with van der Waals surface area (Å²) in [4.78, 5) is 72.8. The van der Waals surface area contributed by atoms with Gasteiger partial charge in [0, 0.05) is 42.5 Å². The molecule has 1 aromatic heterocycles. The molecule has 2 N–H and O–H groups in total. The van der Waals surface area contributed by atoms with Crippen molar-refractivity contribution in [3.8, 4) is 5.75 Å². The molecule has 7 atom stereocenters. The first kappa shape index (κ1) is 41.3. The zero-order valence-electron chi connectivity index (χ0n) is 32.9. The molecule has 4 saturated heterocycles. The van der Waals surface area contributed by atoms with Crippen LogP contribution in [0, 0.1) is 17.8 Å². The molecule has 0 bridgehead atoms. The van der Waals surface area contributed by atoms with Gasteiger partial charge in [0.2, 0.25) is 17.7 Å². The van der Waals surface area contributed by atoms with Crippen LogP contribution in [0.15, 0.2) is 54.6 Å². The number of likely N-dealkylation sites (tertiary alicyclic amines) is 1. The van der Waals surface area contributed by atoms with Crippen molar-refractivity contribution in [1.82, 2.24) is 25.1 Å². The average Bonchev–Trinajstić information content (AvgIpc) is 3.56. The molecule has 4 amide bonds. The second-order valence-corrected chi connectivity index (χ2v) is 19.3. The molecule has 59 heavy (non-hydrogen) atoms. The molecule has 1 unspecified atom stereocenters. The highest BCUT2D eigenvalue weighted by molar-refractivity contribution is 7.58. The summed E-state index contributed by atoms with van der Waals surface area (Å²) in [5.41, 5.74) is -4.81. The monoisotopic (exact) mass is 855 g/mol. The molecule has 2 aromatic carbocycles. The summed E-state index contributed by atoms with van der Waals surface area (Å²) in [7, 11) is -5.22. The summed E-state index contributed by atoms with van der Waals surface area (Å²) in [6, 6.07) is 9.44. The van der Waals surface area contributed by atoms with Crippen molar-refractivity contribution >= 4 is 58.5 Å². The molecule has 8 rings (SSSR count). The number of rotatable bonds is 12. The minimum atomic E-state index is -5.22. The lowest BCUT2D eigenvalue weighted by Gasteiger charge is -2.44. The van der Waals surface area contributed by atoms with Crippen LogP contribution in [0.25, 0.3) is 10.1 Å². The van der Waals surface area contributed by atoms with Gasteiger partial charge in [-0.2, -0.15) is 8.78 Å². The number of nitrogens with zero attached hydrogens (tertiary/aromatic N) is 3. The van der Waals surface area contributed by atoms with E-state index in [0.29, 0.717) is 69.3 Å². The van der Waals surface area contributed by atoms with Crippen molar-refractivity contribution in [2.24, 2.45) is 17.8 Å². The summed E-state index contributed by atoms with van der Waals surface area (Å²) in [6.45, 7) is 5.49. The van der Waals surface area contributed by atoms with Gasteiger partial charge < -0.3 is 34.0 Å². The third-order valence-electron chi connectivity index (χ3n) is 12.1. The van der Waals surface area contributed by atoms with Crippen molar-refractivity contribution in [2.75, 3.05) is 46.0 Å². The largest absolute Gasteiger partial charge is 0.465 e. The van der Waals surface area contributed by atoms with Crippen LogP contribution in [0.5, 0.6) is 5.75 Å². The molecule has 1 aliphatic carbocycles. The number of alkyl halides is 2. The Labute approximate surface area is 344 Å². The van der Waals surface area contributed by atoms with Gasteiger partial charge in [0.25, 0.3) is 5.91 Å². The van der Waals surface area contributed by atoms with Crippen molar-refractivity contribution in [3.63, 3.8) is 0 Å². The zero-order chi connectivity index (χ0) is 41.6. The van der Waals surface area contributed by atoms with Crippen LogP contribution >= 0.6 is 18.9 Å². The number of hydrogen-bond acceptors (Lipinski definition) is 10. The van der Waals surface area contributed by atoms with Gasteiger partial charge >= 0.3 is 19.2 Å². The first-order valence-corrected chi connectivity index (χ1v) is 22.7. The van der Waals surface area contributed by atoms with Gasteiger partial charge in [-0.25, -0.2) is 5.09 Å². The van der Waals surface area contributed by atoms with Gasteiger partial charge in [-0.3, -0.25) is 28.5 Å². The van der Waals surface area contributed by atoms with Crippen molar-refractivity contribution in [3.05, 3.63) is 65.0 Å². The molecule has 0 spiro atoms. The molecule has 5 fully saturated rings. The molecule has 0 radical (unpaired) electrons. The van der Waals surface area contributed by atoms with Crippen molar-refractivity contribution in [1.29, 1.82) is 0 Å². The lowest BCUT2D eigenvalue weighted by Crippen LogP contribution is -2.62. The topological polar surface area (TPSA) is 164 Å². The summed E-state index contributed by atoms with van der Waals surface area (Å²) in [5, 5.41) is 5.43. The Morgan fingerprint density at radius 3 is 2.42 bits per heavy atom. The highest BCUT2D eigenvalue weighted by Crippen LogP contribution is 2.63. The average molecular weight is 856 g/mol. The van der Waals surface area contributed by atoms with Gasteiger partial charge in [-0.05, 0) is 93.5 Å². The molecule has 316 valence electrons. The van der Waals surface area contributed by atoms with Crippen LogP contribution in [0.2, 0.25) is 0 Å². The standard InChI is InChI=1S/C41H48F2N5O9PS/c1-3-56-40(53)24(2)45-58(54,57-31-7-5-4-6-8-31)41(42,43)29-9-12-34-27(18-29)21-35(59-34)36(49)44-32-20-26-17-25(26)19-30-10-11-33(48(30)38(32)51)39(52)47-22-28(23-47)37(50)46-13-15-55-16-14-46/h4-9,12,18,21,24-26,28,30,32-33H,3,10-11,13-17,19-20,22-23H2,1-2H3,(H,44,49)(H,45,54)/t24-,25+,26-,30+,32-,33-,58?/m0/s1. The van der Waals surface area contributed by atoms with Crippen LogP contribution in [0.1, 0.15) is 61.2 Å². The predicted molar refractivity (Wildman–Crippen MR) is 213 cm³/mol. The fraction of sp³-hybridized carbons (Fsp3) is 0.537. The molecule has 5 aliphatic rings. The normalized spacial score (nSPS) is 26.1. The van der Waals surface area contributed by atoms with E-state index in [1.165, 1.54) is 43.3 Å². The maximum Gasteiger partial charge on any atom is 0.390 e. The van der Waals surface area contributed by atoms with E-state index in [1.807, 2.05) is 0 Å². The number of halogens is 2. The molecule has 14 nitrogen and oxygen atoms in total. The van der Waals surface area contributed by atoms with Crippen molar-refractivity contribution in [2.45, 2.75) is 75.8 Å². The van der Waals surface area contributed by atoms with E-state index >= 15 is 8.78 Å². The van der Waals surface area contributed by atoms with Crippen LogP contribution in [0.4, 0.5) is 8.78 Å². The molecule has 5 heterocycles. The number of amides is 4. The fourth-order valence-corrected chi connectivity index (χ4v) is 11.6. The number of benzene rings is 2. The lowest BCUT2D eigenvalue weighted by molar-refractivity contribution is -0.156. The number of nitrogens with one attached hydrogen (secondary N) is 2. The molecular weight excluding hydrogens is 808 g/mol. The Morgan fingerprint density at radius 1 is 0.966 bits per heavy atom. The second-order valence-electron chi connectivity index (χ2n) is 16.1. The number of morpholine rings is 1. The third-order valence-corrected chi connectivity index (χ3v) is 15.4. The smallest absolute Gasteiger partial charge is 0.390 e. The summed E-state index contributed by atoms with van der Waals surface area (Å²) < 4.78 is 63.4.